The number of hydrogen-bond donors (Lipinski definition) is 2. The maximum atomic E-state index is 9.35. The number of benzene rings is 1. The topological polar surface area (TPSA) is 72.3 Å². The molecule has 0 spiro atoms. The summed E-state index contributed by atoms with van der Waals surface area (Å²) in [6, 6.07) is 9.73. The van der Waals surface area contributed by atoms with Gasteiger partial charge in [-0.15, -0.1) is 0 Å². The van der Waals surface area contributed by atoms with E-state index >= 15 is 0 Å². The van der Waals surface area contributed by atoms with Gasteiger partial charge in [-0.2, -0.15) is 0 Å². The first kappa shape index (κ1) is 10.4. The van der Waals surface area contributed by atoms with Crippen molar-refractivity contribution in [3.05, 3.63) is 35.9 Å². The van der Waals surface area contributed by atoms with Gasteiger partial charge in [-0.1, -0.05) is 29.4 Å². The normalized spacial score (nSPS) is 17.0. The lowest BCUT2D eigenvalue weighted by molar-refractivity contribution is 0.255. The molecule has 88 valence electrons. The maximum absolute atomic E-state index is 9.35. The first-order valence-corrected chi connectivity index (χ1v) is 5.67. The number of anilines is 1. The third-order valence-corrected chi connectivity index (χ3v) is 3.47. The van der Waals surface area contributed by atoms with E-state index in [1.807, 2.05) is 24.3 Å². The van der Waals surface area contributed by atoms with Crippen LogP contribution in [-0.2, 0) is 5.41 Å². The third-order valence-electron chi connectivity index (χ3n) is 3.47. The van der Waals surface area contributed by atoms with E-state index in [1.165, 1.54) is 5.56 Å². The van der Waals surface area contributed by atoms with Crippen LogP contribution in [-0.4, -0.2) is 16.9 Å². The summed E-state index contributed by atoms with van der Waals surface area (Å²) in [7, 11) is 0. The van der Waals surface area contributed by atoms with Crippen molar-refractivity contribution in [2.45, 2.75) is 18.3 Å². The molecule has 0 radical (unpaired) electrons. The van der Waals surface area contributed by atoms with Crippen molar-refractivity contribution in [3.63, 3.8) is 0 Å². The fourth-order valence-electron chi connectivity index (χ4n) is 2.10. The molecule has 1 aromatic carbocycles. The quantitative estimate of drug-likeness (QED) is 0.845. The number of rotatable bonds is 3. The molecule has 1 aliphatic carbocycles. The Balaban J connectivity index is 1.90. The van der Waals surface area contributed by atoms with E-state index < -0.39 is 0 Å². The lowest BCUT2D eigenvalue weighted by Gasteiger charge is -2.11. The van der Waals surface area contributed by atoms with Gasteiger partial charge in [0.15, 0.2) is 11.6 Å². The zero-order chi connectivity index (χ0) is 11.9. The molecule has 0 unspecified atom stereocenters. The number of nitrogens with two attached hydrogens (primary N) is 1. The summed E-state index contributed by atoms with van der Waals surface area (Å²) in [5.74, 6) is 1.06. The average molecular weight is 230 g/mol. The molecule has 4 nitrogen and oxygen atoms in total. The van der Waals surface area contributed by atoms with Crippen LogP contribution >= 0.6 is 0 Å². The van der Waals surface area contributed by atoms with Gasteiger partial charge in [0, 0.05) is 17.0 Å². The summed E-state index contributed by atoms with van der Waals surface area (Å²) in [4.78, 5) is 0. The van der Waals surface area contributed by atoms with Crippen molar-refractivity contribution in [2.24, 2.45) is 0 Å². The second-order valence-corrected chi connectivity index (χ2v) is 4.63. The van der Waals surface area contributed by atoms with Gasteiger partial charge in [0.25, 0.3) is 0 Å². The smallest absolute Gasteiger partial charge is 0.169 e. The van der Waals surface area contributed by atoms with E-state index in [9.17, 15) is 5.11 Å². The summed E-state index contributed by atoms with van der Waals surface area (Å²) in [5, 5.41) is 13.0. The van der Waals surface area contributed by atoms with Crippen LogP contribution in [0.5, 0.6) is 0 Å². The first-order valence-electron chi connectivity index (χ1n) is 5.67. The van der Waals surface area contributed by atoms with Crippen LogP contribution in [0.3, 0.4) is 0 Å². The second-order valence-electron chi connectivity index (χ2n) is 4.63. The predicted octanol–water partition coefficient (Wildman–Crippen LogP) is 1.95. The number of aliphatic hydroxyl groups excluding tert-OH is 1. The maximum Gasteiger partial charge on any atom is 0.169 e. The number of aromatic nitrogens is 1. The van der Waals surface area contributed by atoms with Gasteiger partial charge < -0.3 is 15.4 Å². The Morgan fingerprint density at radius 1 is 1.29 bits per heavy atom. The Labute approximate surface area is 99.0 Å². The Bertz CT molecular complexity index is 527. The molecule has 17 heavy (non-hydrogen) atoms. The molecule has 1 aromatic heterocycles. The Morgan fingerprint density at radius 2 is 2.00 bits per heavy atom. The van der Waals surface area contributed by atoms with Crippen molar-refractivity contribution in [2.75, 3.05) is 12.3 Å². The van der Waals surface area contributed by atoms with E-state index in [-0.39, 0.29) is 12.0 Å². The van der Waals surface area contributed by atoms with Crippen LogP contribution < -0.4 is 5.73 Å². The third kappa shape index (κ3) is 1.70. The van der Waals surface area contributed by atoms with Gasteiger partial charge in [-0.25, -0.2) is 0 Å². The standard InChI is InChI=1S/C13H14N2O2/c14-12-7-11(17-15-12)9-1-3-10(4-2-9)13(8-16)5-6-13/h1-4,7,16H,5-6,8H2,(H2,14,15). The van der Waals surface area contributed by atoms with Crippen molar-refractivity contribution in [3.8, 4) is 11.3 Å². The largest absolute Gasteiger partial charge is 0.395 e. The minimum absolute atomic E-state index is 0.0129. The highest BCUT2D eigenvalue weighted by Gasteiger charge is 2.43. The summed E-state index contributed by atoms with van der Waals surface area (Å²) in [6.07, 6.45) is 2.14. The number of aliphatic hydroxyl groups is 1. The molecule has 1 heterocycles. The molecule has 3 N–H and O–H groups in total. The van der Waals surface area contributed by atoms with E-state index in [2.05, 4.69) is 5.16 Å². The lowest BCUT2D eigenvalue weighted by atomic mass is 9.95. The SMILES string of the molecule is Nc1cc(-c2ccc(C3(CO)CC3)cc2)on1. The summed E-state index contributed by atoms with van der Waals surface area (Å²) in [6.45, 7) is 0.224. The fourth-order valence-corrected chi connectivity index (χ4v) is 2.10. The molecule has 1 fully saturated rings. The van der Waals surface area contributed by atoms with E-state index in [0.29, 0.717) is 11.6 Å². The zero-order valence-electron chi connectivity index (χ0n) is 9.39. The van der Waals surface area contributed by atoms with E-state index in [1.54, 1.807) is 6.07 Å². The van der Waals surface area contributed by atoms with Gasteiger partial charge in [0.05, 0.1) is 6.61 Å². The first-order chi connectivity index (χ1) is 8.23. The molecule has 0 amide bonds. The summed E-state index contributed by atoms with van der Waals surface area (Å²) >= 11 is 0. The molecule has 0 bridgehead atoms. The molecule has 4 heteroatoms. The van der Waals surface area contributed by atoms with Crippen molar-refractivity contribution < 1.29 is 9.63 Å². The molecule has 3 rings (SSSR count). The van der Waals surface area contributed by atoms with Crippen molar-refractivity contribution >= 4 is 5.82 Å². The van der Waals surface area contributed by atoms with Gasteiger partial charge in [0.1, 0.15) is 0 Å². The minimum Gasteiger partial charge on any atom is -0.395 e. The van der Waals surface area contributed by atoms with Gasteiger partial charge >= 0.3 is 0 Å². The van der Waals surface area contributed by atoms with Crippen LogP contribution in [0.15, 0.2) is 34.9 Å². The number of nitrogen functional groups attached to an aromatic ring is 1. The highest BCUT2D eigenvalue weighted by atomic mass is 16.5. The summed E-state index contributed by atoms with van der Waals surface area (Å²) in [5.41, 5.74) is 7.66. The van der Waals surface area contributed by atoms with E-state index in [0.717, 1.165) is 18.4 Å². The molecular weight excluding hydrogens is 216 g/mol. The molecule has 2 aromatic rings. The van der Waals surface area contributed by atoms with Gasteiger partial charge in [-0.05, 0) is 18.4 Å². The predicted molar refractivity (Wildman–Crippen MR) is 64.3 cm³/mol. The van der Waals surface area contributed by atoms with Crippen LogP contribution in [0.1, 0.15) is 18.4 Å². The zero-order valence-corrected chi connectivity index (χ0v) is 9.39. The van der Waals surface area contributed by atoms with Crippen LogP contribution in [0.4, 0.5) is 5.82 Å². The second kappa shape index (κ2) is 3.60. The van der Waals surface area contributed by atoms with E-state index in [4.69, 9.17) is 10.3 Å². The molecule has 1 saturated carbocycles. The van der Waals surface area contributed by atoms with Crippen LogP contribution in [0, 0.1) is 0 Å². The highest BCUT2D eigenvalue weighted by molar-refractivity contribution is 5.60. The van der Waals surface area contributed by atoms with Crippen LogP contribution in [0.25, 0.3) is 11.3 Å². The Hall–Kier alpha value is -1.81. The Kier molecular flexibility index (Phi) is 2.19. The number of nitrogens with zero attached hydrogens (tertiary/aromatic N) is 1. The van der Waals surface area contributed by atoms with Crippen molar-refractivity contribution in [1.29, 1.82) is 0 Å². The van der Waals surface area contributed by atoms with Crippen LogP contribution in [0.2, 0.25) is 0 Å². The average Bonchev–Trinajstić information content (AvgIpc) is 3.06. The monoisotopic (exact) mass is 230 g/mol. The molecule has 0 saturated heterocycles. The molecular formula is C13H14N2O2. The van der Waals surface area contributed by atoms with Crippen molar-refractivity contribution in [1.82, 2.24) is 5.16 Å². The highest BCUT2D eigenvalue weighted by Crippen LogP contribution is 2.47. The Morgan fingerprint density at radius 3 is 2.47 bits per heavy atom. The lowest BCUT2D eigenvalue weighted by Crippen LogP contribution is -2.11. The number of hydrogen-bond acceptors (Lipinski definition) is 4. The van der Waals surface area contributed by atoms with Gasteiger partial charge in [0.2, 0.25) is 0 Å². The molecule has 0 aliphatic heterocycles. The van der Waals surface area contributed by atoms with Gasteiger partial charge in [-0.3, -0.25) is 0 Å². The minimum atomic E-state index is 0.0129. The molecule has 1 aliphatic rings. The summed E-state index contributed by atoms with van der Waals surface area (Å²) < 4.78 is 5.09. The fraction of sp³-hybridized carbons (Fsp3) is 0.308. The molecule has 0 atom stereocenters.